The molecular weight excluding hydrogens is 256 g/mol. The van der Waals surface area contributed by atoms with Crippen LogP contribution in [0.1, 0.15) is 19.3 Å². The van der Waals surface area contributed by atoms with E-state index < -0.39 is 24.5 Å². The summed E-state index contributed by atoms with van der Waals surface area (Å²) in [7, 11) is 0. The van der Waals surface area contributed by atoms with Crippen LogP contribution in [0.3, 0.4) is 0 Å². The van der Waals surface area contributed by atoms with Gasteiger partial charge in [0.25, 0.3) is 0 Å². The summed E-state index contributed by atoms with van der Waals surface area (Å²) in [5, 5.41) is 15.3. The Kier molecular flexibility index (Phi) is 5.32. The Morgan fingerprint density at radius 3 is 2.74 bits per heavy atom. The molecule has 2 fully saturated rings. The topological polar surface area (TPSA) is 107 Å². The van der Waals surface area contributed by atoms with Gasteiger partial charge < -0.3 is 19.3 Å². The molecule has 0 aliphatic carbocycles. The fraction of sp³-hybridized carbons (Fsp3) is 1.00. The lowest BCUT2D eigenvalue weighted by Crippen LogP contribution is -2.43. The van der Waals surface area contributed by atoms with E-state index in [1.54, 1.807) is 0 Å². The van der Waals surface area contributed by atoms with Crippen LogP contribution in [0, 0.1) is 9.81 Å². The molecule has 0 radical (unpaired) electrons. The van der Waals surface area contributed by atoms with Gasteiger partial charge in [0, 0.05) is 19.3 Å². The second kappa shape index (κ2) is 6.99. The van der Waals surface area contributed by atoms with Crippen molar-refractivity contribution in [3.63, 3.8) is 0 Å². The van der Waals surface area contributed by atoms with Crippen LogP contribution in [0.2, 0.25) is 0 Å². The van der Waals surface area contributed by atoms with E-state index in [0.717, 1.165) is 0 Å². The molecule has 0 aromatic heterocycles. The lowest BCUT2D eigenvalue weighted by molar-refractivity contribution is -0.236. The number of hydrogen-bond acceptors (Lipinski definition) is 8. The molecule has 8 heteroatoms. The molecule has 0 spiro atoms. The third-order valence-corrected chi connectivity index (χ3v) is 3.26. The van der Waals surface area contributed by atoms with Crippen LogP contribution in [0.15, 0.2) is 10.4 Å². The zero-order valence-electron chi connectivity index (χ0n) is 10.5. The summed E-state index contributed by atoms with van der Waals surface area (Å²) < 4.78 is 16.4. The Hall–Kier alpha value is -0.960. The molecule has 5 atom stereocenters. The Balaban J connectivity index is 1.86. The van der Waals surface area contributed by atoms with Gasteiger partial charge in [-0.3, -0.25) is 0 Å². The molecule has 2 saturated heterocycles. The summed E-state index contributed by atoms with van der Waals surface area (Å²) in [6.07, 6.45) is -0.658. The molecule has 0 amide bonds. The molecule has 0 aromatic carbocycles. The van der Waals surface area contributed by atoms with Crippen molar-refractivity contribution in [2.75, 3.05) is 19.8 Å². The molecule has 0 unspecified atom stereocenters. The summed E-state index contributed by atoms with van der Waals surface area (Å²) in [6.45, 7) is 0.671. The van der Waals surface area contributed by atoms with Crippen LogP contribution in [0.5, 0.6) is 0 Å². The SMILES string of the molecule is O=NC[C@H]1C[C@@H](N=O)C[C@@H](O[C@H]2COC[C@@H](O)C2)O1. The van der Waals surface area contributed by atoms with Gasteiger partial charge in [-0.1, -0.05) is 10.4 Å². The van der Waals surface area contributed by atoms with Crippen LogP contribution in [0.4, 0.5) is 0 Å². The van der Waals surface area contributed by atoms with Crippen molar-refractivity contribution in [1.29, 1.82) is 0 Å². The maximum Gasteiger partial charge on any atom is 0.160 e. The van der Waals surface area contributed by atoms with Gasteiger partial charge in [-0.05, 0) is 0 Å². The Morgan fingerprint density at radius 1 is 1.21 bits per heavy atom. The predicted octanol–water partition coefficient (Wildman–Crippen LogP) is 0.559. The van der Waals surface area contributed by atoms with Crippen molar-refractivity contribution in [2.24, 2.45) is 10.4 Å². The smallest absolute Gasteiger partial charge is 0.160 e. The van der Waals surface area contributed by atoms with Gasteiger partial charge >= 0.3 is 0 Å². The largest absolute Gasteiger partial charge is 0.391 e. The lowest BCUT2D eigenvalue weighted by atomic mass is 10.0. The number of nitroso groups, excluding NO2 is 2. The van der Waals surface area contributed by atoms with E-state index in [9.17, 15) is 14.9 Å². The van der Waals surface area contributed by atoms with Gasteiger partial charge in [-0.15, -0.1) is 0 Å². The third kappa shape index (κ3) is 4.27. The van der Waals surface area contributed by atoms with Crippen LogP contribution in [-0.2, 0) is 14.2 Å². The molecule has 1 N–H and O–H groups in total. The van der Waals surface area contributed by atoms with Crippen molar-refractivity contribution >= 4 is 0 Å². The van der Waals surface area contributed by atoms with Gasteiger partial charge in [0.2, 0.25) is 0 Å². The first-order valence-electron chi connectivity index (χ1n) is 6.39. The monoisotopic (exact) mass is 274 g/mol. The zero-order chi connectivity index (χ0) is 13.7. The highest BCUT2D eigenvalue weighted by molar-refractivity contribution is 4.81. The van der Waals surface area contributed by atoms with E-state index in [-0.39, 0.29) is 12.6 Å². The summed E-state index contributed by atoms with van der Waals surface area (Å²) >= 11 is 0. The molecule has 0 aromatic rings. The van der Waals surface area contributed by atoms with Crippen molar-refractivity contribution < 1.29 is 19.3 Å². The first-order valence-corrected chi connectivity index (χ1v) is 6.39. The summed E-state index contributed by atoms with van der Waals surface area (Å²) in [4.78, 5) is 20.9. The summed E-state index contributed by atoms with van der Waals surface area (Å²) in [5.74, 6) is 0. The fourth-order valence-corrected chi connectivity index (χ4v) is 2.41. The van der Waals surface area contributed by atoms with Crippen molar-refractivity contribution in [3.05, 3.63) is 9.81 Å². The first kappa shape index (κ1) is 14.4. The van der Waals surface area contributed by atoms with E-state index in [2.05, 4.69) is 10.4 Å². The Labute approximate surface area is 110 Å². The fourth-order valence-electron chi connectivity index (χ4n) is 2.41. The van der Waals surface area contributed by atoms with Crippen LogP contribution >= 0.6 is 0 Å². The van der Waals surface area contributed by atoms with Gasteiger partial charge in [0.05, 0.1) is 37.6 Å². The van der Waals surface area contributed by atoms with Crippen molar-refractivity contribution in [1.82, 2.24) is 0 Å². The molecule has 2 aliphatic rings. The highest BCUT2D eigenvalue weighted by atomic mass is 16.7. The molecule has 2 aliphatic heterocycles. The number of nitrogens with zero attached hydrogens (tertiary/aromatic N) is 2. The average Bonchev–Trinajstić information content (AvgIpc) is 2.39. The number of aliphatic hydroxyl groups excluding tert-OH is 1. The van der Waals surface area contributed by atoms with Gasteiger partial charge in [0.15, 0.2) is 6.29 Å². The van der Waals surface area contributed by atoms with E-state index >= 15 is 0 Å². The molecular formula is C11H18N2O6. The number of aliphatic hydroxyl groups is 1. The Morgan fingerprint density at radius 2 is 2.05 bits per heavy atom. The van der Waals surface area contributed by atoms with Crippen molar-refractivity contribution in [2.45, 2.75) is 49.9 Å². The van der Waals surface area contributed by atoms with E-state index in [4.69, 9.17) is 14.2 Å². The minimum absolute atomic E-state index is 0.0182. The normalized spacial score (nSPS) is 39.7. The van der Waals surface area contributed by atoms with Crippen LogP contribution in [-0.4, -0.2) is 55.5 Å². The quantitative estimate of drug-likeness (QED) is 0.734. The number of hydrogen-bond donors (Lipinski definition) is 1. The average molecular weight is 274 g/mol. The predicted molar refractivity (Wildman–Crippen MR) is 64.5 cm³/mol. The zero-order valence-corrected chi connectivity index (χ0v) is 10.5. The highest BCUT2D eigenvalue weighted by Gasteiger charge is 2.34. The van der Waals surface area contributed by atoms with E-state index in [1.165, 1.54) is 0 Å². The minimum atomic E-state index is -0.609. The maximum absolute atomic E-state index is 10.7. The number of ether oxygens (including phenoxy) is 3. The third-order valence-electron chi connectivity index (χ3n) is 3.26. The van der Waals surface area contributed by atoms with Crippen molar-refractivity contribution in [3.8, 4) is 0 Å². The van der Waals surface area contributed by atoms with Crippen LogP contribution < -0.4 is 0 Å². The second-order valence-electron chi connectivity index (χ2n) is 4.92. The Bertz CT molecular complexity index is 316. The number of rotatable bonds is 5. The molecule has 108 valence electrons. The lowest BCUT2D eigenvalue weighted by Gasteiger charge is -2.35. The van der Waals surface area contributed by atoms with E-state index in [1.807, 2.05) is 0 Å². The molecule has 8 nitrogen and oxygen atoms in total. The van der Waals surface area contributed by atoms with Gasteiger partial charge in [0.1, 0.15) is 6.54 Å². The molecule has 19 heavy (non-hydrogen) atoms. The molecule has 2 heterocycles. The minimum Gasteiger partial charge on any atom is -0.391 e. The van der Waals surface area contributed by atoms with Crippen LogP contribution in [0.25, 0.3) is 0 Å². The first-order chi connectivity index (χ1) is 9.21. The standard InChI is InChI=1S/C11H18N2O6/c14-8-3-10(6-17-5-8)19-11-2-7(13-16)1-9(18-11)4-12-15/h7-11,14H,1-6H2/t7-,8+,9-,10-,11-/m1/s1. The van der Waals surface area contributed by atoms with Gasteiger partial charge in [-0.2, -0.15) is 9.81 Å². The molecule has 0 saturated carbocycles. The van der Waals surface area contributed by atoms with E-state index in [0.29, 0.717) is 32.5 Å². The maximum atomic E-state index is 10.7. The molecule has 2 rings (SSSR count). The summed E-state index contributed by atoms with van der Waals surface area (Å²) in [5.41, 5.74) is 0. The summed E-state index contributed by atoms with van der Waals surface area (Å²) in [6, 6.07) is -0.431. The molecule has 0 bridgehead atoms. The highest BCUT2D eigenvalue weighted by Crippen LogP contribution is 2.25. The second-order valence-corrected chi connectivity index (χ2v) is 4.92. The van der Waals surface area contributed by atoms with Gasteiger partial charge in [-0.25, -0.2) is 0 Å².